The van der Waals surface area contributed by atoms with Crippen molar-refractivity contribution in [3.8, 4) is 11.3 Å². The summed E-state index contributed by atoms with van der Waals surface area (Å²) in [6.07, 6.45) is 0.277. The van der Waals surface area contributed by atoms with Gasteiger partial charge in [-0.2, -0.15) is 5.10 Å². The number of rotatable bonds is 7. The van der Waals surface area contributed by atoms with E-state index in [4.69, 9.17) is 0 Å². The van der Waals surface area contributed by atoms with Crippen LogP contribution in [0.5, 0.6) is 0 Å². The molecule has 0 aliphatic carbocycles. The third kappa shape index (κ3) is 5.23. The Morgan fingerprint density at radius 2 is 1.85 bits per heavy atom. The summed E-state index contributed by atoms with van der Waals surface area (Å²) in [7, 11) is 0. The second kappa shape index (κ2) is 8.37. The number of nitrogens with one attached hydrogen (secondary N) is 1. The number of amides is 1. The Morgan fingerprint density at radius 1 is 1.19 bits per heavy atom. The van der Waals surface area contributed by atoms with Gasteiger partial charge in [-0.15, -0.1) is 0 Å². The van der Waals surface area contributed by atoms with Gasteiger partial charge in [-0.3, -0.25) is 9.59 Å². The Labute approximate surface area is 149 Å². The normalized spacial score (nSPS) is 12.0. The largest absolute Gasteiger partial charge is 0.480 e. The lowest BCUT2D eigenvalue weighted by atomic mass is 10.0. The molecule has 1 heterocycles. The van der Waals surface area contributed by atoms with E-state index in [1.54, 1.807) is 0 Å². The molecule has 1 aromatic heterocycles. The number of hydrogen-bond acceptors (Lipinski definition) is 4. The molecule has 2 N–H and O–H groups in total. The molecule has 1 amide bonds. The molecule has 0 bridgehead atoms. The zero-order valence-electron chi connectivity index (χ0n) is 14.5. The summed E-state index contributed by atoms with van der Waals surface area (Å²) in [5.74, 6) is -2.07. The third-order valence-corrected chi connectivity index (χ3v) is 3.64. The molecular weight excluding hydrogens is 341 g/mol. The number of nitrogens with zero attached hydrogens (tertiary/aromatic N) is 2. The Kier molecular flexibility index (Phi) is 6.21. The highest BCUT2D eigenvalue weighted by Crippen LogP contribution is 2.15. The fourth-order valence-corrected chi connectivity index (χ4v) is 2.41. The van der Waals surface area contributed by atoms with Crippen molar-refractivity contribution in [1.29, 1.82) is 0 Å². The summed E-state index contributed by atoms with van der Waals surface area (Å²) in [5, 5.41) is 15.7. The van der Waals surface area contributed by atoms with Crippen molar-refractivity contribution in [3.63, 3.8) is 0 Å². The van der Waals surface area contributed by atoms with E-state index >= 15 is 0 Å². The van der Waals surface area contributed by atoms with Crippen LogP contribution in [0.25, 0.3) is 11.3 Å². The first-order valence-corrected chi connectivity index (χ1v) is 8.12. The van der Waals surface area contributed by atoms with Crippen LogP contribution in [0.4, 0.5) is 4.39 Å². The summed E-state index contributed by atoms with van der Waals surface area (Å²) in [4.78, 5) is 35.3. The molecule has 8 heteroatoms. The molecule has 1 atom stereocenters. The van der Waals surface area contributed by atoms with Crippen molar-refractivity contribution in [3.05, 3.63) is 52.6 Å². The van der Waals surface area contributed by atoms with Crippen molar-refractivity contribution >= 4 is 11.9 Å². The second-order valence-corrected chi connectivity index (χ2v) is 6.31. The van der Waals surface area contributed by atoms with Crippen molar-refractivity contribution in [2.45, 2.75) is 32.9 Å². The van der Waals surface area contributed by atoms with Crippen molar-refractivity contribution in [2.24, 2.45) is 5.92 Å². The number of carbonyl (C=O) groups excluding carboxylic acids is 1. The van der Waals surface area contributed by atoms with Gasteiger partial charge in [0, 0.05) is 11.6 Å². The maximum Gasteiger partial charge on any atom is 0.326 e. The molecule has 0 radical (unpaired) electrons. The second-order valence-electron chi connectivity index (χ2n) is 6.31. The van der Waals surface area contributed by atoms with Crippen molar-refractivity contribution in [2.75, 3.05) is 0 Å². The predicted molar refractivity (Wildman–Crippen MR) is 92.9 cm³/mol. The van der Waals surface area contributed by atoms with Crippen LogP contribution in [-0.2, 0) is 16.1 Å². The lowest BCUT2D eigenvalue weighted by Gasteiger charge is -2.16. The minimum absolute atomic E-state index is 0.0825. The summed E-state index contributed by atoms with van der Waals surface area (Å²) in [6.45, 7) is 3.29. The number of carboxylic acids is 1. The van der Waals surface area contributed by atoms with Crippen LogP contribution in [0, 0.1) is 11.7 Å². The van der Waals surface area contributed by atoms with Crippen molar-refractivity contribution < 1.29 is 19.1 Å². The molecule has 138 valence electrons. The fraction of sp³-hybridized carbons (Fsp3) is 0.333. The first kappa shape index (κ1) is 19.3. The zero-order valence-corrected chi connectivity index (χ0v) is 14.5. The van der Waals surface area contributed by atoms with E-state index in [0.29, 0.717) is 11.3 Å². The van der Waals surface area contributed by atoms with Crippen LogP contribution < -0.4 is 10.9 Å². The number of carboxylic acid groups (broad SMARTS) is 1. The molecule has 0 spiro atoms. The maximum atomic E-state index is 13.0. The van der Waals surface area contributed by atoms with Crippen LogP contribution in [0.15, 0.2) is 41.2 Å². The highest BCUT2D eigenvalue weighted by atomic mass is 19.1. The van der Waals surface area contributed by atoms with E-state index in [1.807, 2.05) is 13.8 Å². The maximum absolute atomic E-state index is 13.0. The fourth-order valence-electron chi connectivity index (χ4n) is 2.41. The Morgan fingerprint density at radius 3 is 2.42 bits per heavy atom. The van der Waals surface area contributed by atoms with Gasteiger partial charge in [0.25, 0.3) is 5.56 Å². The average Bonchev–Trinajstić information content (AvgIpc) is 2.56. The molecule has 7 nitrogen and oxygen atoms in total. The molecule has 2 rings (SSSR count). The number of hydrogen-bond donors (Lipinski definition) is 2. The van der Waals surface area contributed by atoms with E-state index < -0.39 is 35.8 Å². The Balaban J connectivity index is 2.16. The number of aromatic nitrogens is 2. The van der Waals surface area contributed by atoms with Crippen LogP contribution in [-0.4, -0.2) is 32.8 Å². The first-order chi connectivity index (χ1) is 12.3. The molecule has 0 fully saturated rings. The Bertz CT molecular complexity index is 846. The molecule has 0 aliphatic heterocycles. The lowest BCUT2D eigenvalue weighted by Crippen LogP contribution is -2.44. The number of benzene rings is 1. The standard InChI is InChI=1S/C18H20FN3O4/c1-11(2)9-15(18(25)26)20-16(23)10-22-17(24)8-7-14(21-22)12-3-5-13(19)6-4-12/h3-8,11,15H,9-10H2,1-2H3,(H,20,23)(H,25,26). The number of carbonyl (C=O) groups is 2. The van der Waals surface area contributed by atoms with E-state index in [-0.39, 0.29) is 12.3 Å². The SMILES string of the molecule is CC(C)CC(NC(=O)Cn1nc(-c2ccc(F)cc2)ccc1=O)C(=O)O. The summed E-state index contributed by atoms with van der Waals surface area (Å²) >= 11 is 0. The van der Waals surface area contributed by atoms with Crippen LogP contribution in [0.2, 0.25) is 0 Å². The van der Waals surface area contributed by atoms with Crippen molar-refractivity contribution in [1.82, 2.24) is 15.1 Å². The molecule has 0 aliphatic rings. The van der Waals surface area contributed by atoms with E-state index in [1.165, 1.54) is 36.4 Å². The van der Waals surface area contributed by atoms with Crippen LogP contribution in [0.3, 0.4) is 0 Å². The zero-order chi connectivity index (χ0) is 19.3. The molecule has 1 unspecified atom stereocenters. The summed E-state index contributed by atoms with van der Waals surface area (Å²) < 4.78 is 14.0. The van der Waals surface area contributed by atoms with E-state index in [9.17, 15) is 23.9 Å². The quantitative estimate of drug-likeness (QED) is 0.781. The topological polar surface area (TPSA) is 101 Å². The van der Waals surface area contributed by atoms with E-state index in [0.717, 1.165) is 4.68 Å². The highest BCUT2D eigenvalue weighted by molar-refractivity contribution is 5.83. The van der Waals surface area contributed by atoms with Gasteiger partial charge in [-0.05, 0) is 42.7 Å². The molecular formula is C18H20FN3O4. The molecule has 0 saturated carbocycles. The van der Waals surface area contributed by atoms with Gasteiger partial charge >= 0.3 is 5.97 Å². The van der Waals surface area contributed by atoms with Gasteiger partial charge < -0.3 is 10.4 Å². The summed E-state index contributed by atoms with van der Waals surface area (Å²) in [6, 6.07) is 7.25. The predicted octanol–water partition coefficient (Wildman–Crippen LogP) is 1.66. The van der Waals surface area contributed by atoms with E-state index in [2.05, 4.69) is 10.4 Å². The van der Waals surface area contributed by atoms with Gasteiger partial charge in [0.2, 0.25) is 5.91 Å². The minimum atomic E-state index is -1.13. The van der Waals surface area contributed by atoms with Gasteiger partial charge in [-0.25, -0.2) is 13.9 Å². The molecule has 1 aromatic carbocycles. The van der Waals surface area contributed by atoms with Gasteiger partial charge in [-0.1, -0.05) is 13.8 Å². The Hall–Kier alpha value is -3.03. The van der Waals surface area contributed by atoms with Crippen LogP contribution >= 0.6 is 0 Å². The number of halogens is 1. The van der Waals surface area contributed by atoms with Gasteiger partial charge in [0.05, 0.1) is 5.69 Å². The van der Waals surface area contributed by atoms with Crippen LogP contribution in [0.1, 0.15) is 20.3 Å². The smallest absolute Gasteiger partial charge is 0.326 e. The van der Waals surface area contributed by atoms with Gasteiger partial charge in [0.15, 0.2) is 0 Å². The van der Waals surface area contributed by atoms with Gasteiger partial charge in [0.1, 0.15) is 18.4 Å². The monoisotopic (exact) mass is 361 g/mol. The molecule has 2 aromatic rings. The third-order valence-electron chi connectivity index (χ3n) is 3.64. The number of aliphatic carboxylic acids is 1. The summed E-state index contributed by atoms with van der Waals surface area (Å²) in [5.41, 5.74) is 0.486. The highest BCUT2D eigenvalue weighted by Gasteiger charge is 2.21. The first-order valence-electron chi connectivity index (χ1n) is 8.12. The molecule has 26 heavy (non-hydrogen) atoms. The lowest BCUT2D eigenvalue weighted by molar-refractivity contribution is -0.142. The minimum Gasteiger partial charge on any atom is -0.480 e. The average molecular weight is 361 g/mol. The molecule has 0 saturated heterocycles.